The van der Waals surface area contributed by atoms with Crippen LogP contribution in [0.4, 0.5) is 9.80 Å². The molecule has 144 valence electrons. The van der Waals surface area contributed by atoms with Crippen molar-refractivity contribution < 1.29 is 14.3 Å². The lowest BCUT2D eigenvalue weighted by molar-refractivity contribution is 0.0410. The number of morpholine rings is 1. The van der Waals surface area contributed by atoms with Crippen LogP contribution in [0.2, 0.25) is 0 Å². The number of thioether (sulfide) groups is 1. The van der Waals surface area contributed by atoms with Gasteiger partial charge in [0.15, 0.2) is 0 Å². The summed E-state index contributed by atoms with van der Waals surface area (Å²) in [7, 11) is 0. The van der Waals surface area contributed by atoms with E-state index in [0.29, 0.717) is 5.00 Å². The molecule has 1 aromatic carbocycles. The summed E-state index contributed by atoms with van der Waals surface area (Å²) < 4.78 is 5.38. The number of hydrogen-bond acceptors (Lipinski definition) is 6. The number of carbonyl (C=O) groups excluding carboxylic acids is 2. The lowest BCUT2D eigenvalue weighted by Gasteiger charge is -2.26. The molecule has 1 aliphatic rings. The molecule has 0 radical (unpaired) electrons. The molecule has 0 aliphatic carbocycles. The van der Waals surface area contributed by atoms with Crippen molar-refractivity contribution in [2.45, 2.75) is 4.90 Å². The van der Waals surface area contributed by atoms with Crippen molar-refractivity contribution in [1.29, 1.82) is 0 Å². The summed E-state index contributed by atoms with van der Waals surface area (Å²) in [5.41, 5.74) is 11.9. The van der Waals surface area contributed by atoms with E-state index in [9.17, 15) is 9.59 Å². The number of thiophene rings is 1. The first-order chi connectivity index (χ1) is 13.0. The van der Waals surface area contributed by atoms with Gasteiger partial charge in [0, 0.05) is 40.7 Å². The molecule has 5 N–H and O–H groups in total. The number of urea groups is 1. The minimum absolute atomic E-state index is 0.266. The molecule has 2 heterocycles. The number of anilines is 1. The largest absolute Gasteiger partial charge is 0.379 e. The second-order valence-corrected chi connectivity index (χ2v) is 8.19. The van der Waals surface area contributed by atoms with Gasteiger partial charge in [-0.1, -0.05) is 18.2 Å². The minimum Gasteiger partial charge on any atom is -0.379 e. The summed E-state index contributed by atoms with van der Waals surface area (Å²) in [5.74, 6) is 0.357. The molecule has 3 amide bonds. The predicted molar refractivity (Wildman–Crippen MR) is 109 cm³/mol. The fraction of sp³-hybridized carbons (Fsp3) is 0.333. The van der Waals surface area contributed by atoms with Crippen molar-refractivity contribution in [3.05, 3.63) is 35.9 Å². The summed E-state index contributed by atoms with van der Waals surface area (Å²) >= 11 is 3.06. The number of carbonyl (C=O) groups is 2. The molecule has 1 fully saturated rings. The monoisotopic (exact) mass is 406 g/mol. The van der Waals surface area contributed by atoms with E-state index in [1.54, 1.807) is 17.8 Å². The molecule has 1 aromatic heterocycles. The highest BCUT2D eigenvalue weighted by Crippen LogP contribution is 2.39. The Balaban J connectivity index is 1.76. The standard InChI is InChI=1S/C18H22N4O3S2/c19-16(23)13-11-15(27-17(13)21-18(20)24)12-3-1-2-4-14(12)26-10-7-22-5-8-25-9-6-22/h1-4,11H,5-10H2,(H2,19,23)(H3,20,21,24). The van der Waals surface area contributed by atoms with Crippen LogP contribution in [0.1, 0.15) is 10.4 Å². The molecule has 9 heteroatoms. The summed E-state index contributed by atoms with van der Waals surface area (Å²) in [6.45, 7) is 4.52. The van der Waals surface area contributed by atoms with Crippen molar-refractivity contribution in [3.8, 4) is 10.4 Å². The van der Waals surface area contributed by atoms with E-state index in [0.717, 1.165) is 53.9 Å². The van der Waals surface area contributed by atoms with Gasteiger partial charge in [-0.15, -0.1) is 23.1 Å². The molecule has 0 spiro atoms. The zero-order valence-electron chi connectivity index (χ0n) is 14.8. The quantitative estimate of drug-likeness (QED) is 0.612. The number of nitrogens with one attached hydrogen (secondary N) is 1. The zero-order valence-corrected chi connectivity index (χ0v) is 16.4. The Hall–Kier alpha value is -2.07. The van der Waals surface area contributed by atoms with Gasteiger partial charge in [0.25, 0.3) is 5.91 Å². The Labute approximate surface area is 166 Å². The molecule has 1 aliphatic heterocycles. The van der Waals surface area contributed by atoms with Gasteiger partial charge in [0.1, 0.15) is 5.00 Å². The van der Waals surface area contributed by atoms with Gasteiger partial charge >= 0.3 is 6.03 Å². The number of nitrogens with zero attached hydrogens (tertiary/aromatic N) is 1. The fourth-order valence-corrected chi connectivity index (χ4v) is 5.07. The third-order valence-corrected chi connectivity index (χ3v) is 6.29. The van der Waals surface area contributed by atoms with E-state index in [1.165, 1.54) is 11.3 Å². The third kappa shape index (κ3) is 5.23. The van der Waals surface area contributed by atoms with E-state index >= 15 is 0 Å². The van der Waals surface area contributed by atoms with Crippen LogP contribution in [0.15, 0.2) is 35.2 Å². The molecular weight excluding hydrogens is 384 g/mol. The molecular formula is C18H22N4O3S2. The van der Waals surface area contributed by atoms with Gasteiger partial charge in [-0.05, 0) is 12.1 Å². The maximum absolute atomic E-state index is 11.7. The van der Waals surface area contributed by atoms with Gasteiger partial charge in [0.2, 0.25) is 0 Å². The molecule has 27 heavy (non-hydrogen) atoms. The van der Waals surface area contributed by atoms with Gasteiger partial charge < -0.3 is 16.2 Å². The Morgan fingerprint density at radius 1 is 1.22 bits per heavy atom. The second kappa shape index (κ2) is 9.23. The molecule has 7 nitrogen and oxygen atoms in total. The van der Waals surface area contributed by atoms with E-state index < -0.39 is 11.9 Å². The number of primary amides is 2. The van der Waals surface area contributed by atoms with Gasteiger partial charge in [-0.25, -0.2) is 4.79 Å². The summed E-state index contributed by atoms with van der Waals surface area (Å²) in [4.78, 5) is 27.3. The Bertz CT molecular complexity index is 819. The SMILES string of the molecule is NC(=O)Nc1sc(-c2ccccc2SCCN2CCOCC2)cc1C(N)=O. The van der Waals surface area contributed by atoms with Crippen LogP contribution in [-0.4, -0.2) is 55.4 Å². The van der Waals surface area contributed by atoms with Crippen LogP contribution in [0.5, 0.6) is 0 Å². The molecule has 0 atom stereocenters. The van der Waals surface area contributed by atoms with Gasteiger partial charge in [-0.3, -0.25) is 15.0 Å². The van der Waals surface area contributed by atoms with Gasteiger partial charge in [-0.2, -0.15) is 0 Å². The van der Waals surface area contributed by atoms with E-state index in [2.05, 4.69) is 16.3 Å². The van der Waals surface area contributed by atoms with Crippen LogP contribution >= 0.6 is 23.1 Å². The summed E-state index contributed by atoms with van der Waals surface area (Å²) in [6, 6.07) is 8.99. The van der Waals surface area contributed by atoms with Crippen LogP contribution < -0.4 is 16.8 Å². The zero-order chi connectivity index (χ0) is 19.2. The highest BCUT2D eigenvalue weighted by atomic mass is 32.2. The summed E-state index contributed by atoms with van der Waals surface area (Å²) in [5, 5.41) is 2.86. The number of rotatable bonds is 7. The number of hydrogen-bond donors (Lipinski definition) is 3. The van der Waals surface area contributed by atoms with Crippen molar-refractivity contribution in [1.82, 2.24) is 4.90 Å². The topological polar surface area (TPSA) is 111 Å². The van der Waals surface area contributed by atoms with Crippen LogP contribution in [-0.2, 0) is 4.74 Å². The Morgan fingerprint density at radius 3 is 2.67 bits per heavy atom. The van der Waals surface area contributed by atoms with E-state index in [4.69, 9.17) is 16.2 Å². The maximum Gasteiger partial charge on any atom is 0.317 e. The molecule has 2 aromatic rings. The average Bonchev–Trinajstić information content (AvgIpc) is 3.06. The molecule has 1 saturated heterocycles. The van der Waals surface area contributed by atoms with E-state index in [1.807, 2.05) is 18.2 Å². The predicted octanol–water partition coefficient (Wildman–Crippen LogP) is 2.43. The molecule has 3 rings (SSSR count). The highest BCUT2D eigenvalue weighted by Gasteiger charge is 2.18. The number of ether oxygens (including phenoxy) is 1. The number of benzene rings is 1. The van der Waals surface area contributed by atoms with E-state index in [-0.39, 0.29) is 5.56 Å². The smallest absolute Gasteiger partial charge is 0.317 e. The maximum atomic E-state index is 11.7. The first-order valence-electron chi connectivity index (χ1n) is 8.57. The van der Waals surface area contributed by atoms with Crippen LogP contribution in [0, 0.1) is 0 Å². The second-order valence-electron chi connectivity index (χ2n) is 6.01. The molecule has 0 unspecified atom stereocenters. The lowest BCUT2D eigenvalue weighted by atomic mass is 10.1. The molecule has 0 saturated carbocycles. The lowest BCUT2D eigenvalue weighted by Crippen LogP contribution is -2.37. The summed E-state index contributed by atoms with van der Waals surface area (Å²) in [6.07, 6.45) is 0. The van der Waals surface area contributed by atoms with Crippen LogP contribution in [0.3, 0.4) is 0 Å². The van der Waals surface area contributed by atoms with Crippen molar-refractivity contribution in [2.75, 3.05) is 43.9 Å². The first-order valence-corrected chi connectivity index (χ1v) is 10.4. The number of amides is 3. The fourth-order valence-electron chi connectivity index (χ4n) is 2.82. The number of nitrogens with two attached hydrogens (primary N) is 2. The van der Waals surface area contributed by atoms with Crippen molar-refractivity contribution in [2.24, 2.45) is 11.5 Å². The molecule has 0 bridgehead atoms. The Kier molecular flexibility index (Phi) is 6.73. The minimum atomic E-state index is -0.723. The third-order valence-electron chi connectivity index (χ3n) is 4.16. The van der Waals surface area contributed by atoms with Crippen molar-refractivity contribution >= 4 is 40.0 Å². The average molecular weight is 407 g/mol. The normalized spacial score (nSPS) is 14.8. The highest BCUT2D eigenvalue weighted by molar-refractivity contribution is 7.99. The van der Waals surface area contributed by atoms with Gasteiger partial charge in [0.05, 0.1) is 18.8 Å². The first kappa shape index (κ1) is 19.7. The Morgan fingerprint density at radius 2 is 1.96 bits per heavy atom. The van der Waals surface area contributed by atoms with Crippen molar-refractivity contribution in [3.63, 3.8) is 0 Å². The van der Waals surface area contributed by atoms with Crippen LogP contribution in [0.25, 0.3) is 10.4 Å².